The molecule has 0 aromatic heterocycles. The fraction of sp³-hybridized carbons (Fsp3) is 0.200. The van der Waals surface area contributed by atoms with Gasteiger partial charge in [-0.15, -0.1) is 6.42 Å². The van der Waals surface area contributed by atoms with Crippen molar-refractivity contribution in [3.63, 3.8) is 0 Å². The highest BCUT2D eigenvalue weighted by Crippen LogP contribution is 2.32. The molecule has 0 saturated heterocycles. The fourth-order valence-electron chi connectivity index (χ4n) is 0.973. The number of hydrogen-bond acceptors (Lipinski definition) is 3. The molecule has 0 amide bonds. The van der Waals surface area contributed by atoms with Crippen molar-refractivity contribution in [2.24, 2.45) is 0 Å². The van der Waals surface area contributed by atoms with Gasteiger partial charge in [-0.3, -0.25) is 10.1 Å². The number of nitrogens with zero attached hydrogens (tertiary/aromatic N) is 1. The first kappa shape index (κ1) is 12.3. The Balaban J connectivity index is 3.16. The second kappa shape index (κ2) is 4.81. The highest BCUT2D eigenvalue weighted by Gasteiger charge is 2.19. The van der Waals surface area contributed by atoms with E-state index in [-0.39, 0.29) is 10.8 Å². The molecule has 1 atom stereocenters. The van der Waals surface area contributed by atoms with Gasteiger partial charge in [0.25, 0.3) is 0 Å². The van der Waals surface area contributed by atoms with E-state index in [0.717, 1.165) is 12.1 Å². The molecule has 0 saturated carbocycles. The van der Waals surface area contributed by atoms with Crippen LogP contribution in [-0.4, -0.2) is 11.0 Å². The van der Waals surface area contributed by atoms with Gasteiger partial charge in [0.1, 0.15) is 5.75 Å². The number of hydrogen-bond donors (Lipinski definition) is 0. The standard InChI is InChI=1S/C10H7ClFNO3/c1-3-6(2)16-10-5-9(13(14)15)8(12)4-7(10)11/h1,4-6H,2H3. The molecule has 1 rings (SSSR count). The van der Waals surface area contributed by atoms with Gasteiger partial charge in [-0.1, -0.05) is 17.5 Å². The largest absolute Gasteiger partial charge is 0.476 e. The van der Waals surface area contributed by atoms with Gasteiger partial charge in [0.2, 0.25) is 5.82 Å². The molecule has 1 aromatic carbocycles. The number of nitro groups is 1. The van der Waals surface area contributed by atoms with Crippen molar-refractivity contribution >= 4 is 17.3 Å². The third-order valence-corrected chi connectivity index (χ3v) is 2.03. The lowest BCUT2D eigenvalue weighted by Gasteiger charge is -2.10. The molecule has 0 aliphatic carbocycles. The molecule has 0 aliphatic rings. The first-order valence-corrected chi connectivity index (χ1v) is 4.59. The van der Waals surface area contributed by atoms with Crippen molar-refractivity contribution in [2.75, 3.05) is 0 Å². The lowest BCUT2D eigenvalue weighted by atomic mass is 10.3. The molecule has 0 bridgehead atoms. The summed E-state index contributed by atoms with van der Waals surface area (Å²) in [5.41, 5.74) is -0.705. The van der Waals surface area contributed by atoms with Gasteiger partial charge in [0.15, 0.2) is 6.10 Å². The molecule has 0 heterocycles. The maximum atomic E-state index is 13.1. The van der Waals surface area contributed by atoms with Crippen LogP contribution in [0, 0.1) is 28.3 Å². The van der Waals surface area contributed by atoms with Crippen LogP contribution >= 0.6 is 11.6 Å². The summed E-state index contributed by atoms with van der Waals surface area (Å²) in [4.78, 5) is 9.61. The third-order valence-electron chi connectivity index (χ3n) is 1.74. The normalized spacial score (nSPS) is 11.6. The van der Waals surface area contributed by atoms with Crippen molar-refractivity contribution in [1.82, 2.24) is 0 Å². The highest BCUT2D eigenvalue weighted by atomic mass is 35.5. The third kappa shape index (κ3) is 2.61. The Bertz CT molecular complexity index is 470. The van der Waals surface area contributed by atoms with Gasteiger partial charge in [-0.25, -0.2) is 0 Å². The van der Waals surface area contributed by atoms with Crippen LogP contribution in [0.2, 0.25) is 5.02 Å². The Hall–Kier alpha value is -1.80. The van der Waals surface area contributed by atoms with E-state index in [1.807, 2.05) is 0 Å². The molecule has 4 nitrogen and oxygen atoms in total. The Morgan fingerprint density at radius 1 is 1.69 bits per heavy atom. The Labute approximate surface area is 96.1 Å². The van der Waals surface area contributed by atoms with Crippen LogP contribution in [0.25, 0.3) is 0 Å². The summed E-state index contributed by atoms with van der Waals surface area (Å²) >= 11 is 5.65. The van der Waals surface area contributed by atoms with Crippen LogP contribution in [0.15, 0.2) is 12.1 Å². The van der Waals surface area contributed by atoms with E-state index in [2.05, 4.69) is 5.92 Å². The van der Waals surface area contributed by atoms with E-state index >= 15 is 0 Å². The van der Waals surface area contributed by atoms with Crippen LogP contribution in [0.5, 0.6) is 5.75 Å². The van der Waals surface area contributed by atoms with Crippen molar-refractivity contribution in [3.05, 3.63) is 33.1 Å². The summed E-state index contributed by atoms with van der Waals surface area (Å²) in [6, 6.07) is 1.73. The fourth-order valence-corrected chi connectivity index (χ4v) is 1.17. The van der Waals surface area contributed by atoms with Gasteiger partial charge in [0, 0.05) is 6.07 Å². The number of nitro benzene ring substituents is 1. The molecular weight excluding hydrogens is 237 g/mol. The minimum Gasteiger partial charge on any atom is -0.476 e. The molecule has 84 valence electrons. The van der Waals surface area contributed by atoms with E-state index in [1.165, 1.54) is 0 Å². The second-order valence-electron chi connectivity index (χ2n) is 2.92. The zero-order valence-corrected chi connectivity index (χ0v) is 8.99. The Morgan fingerprint density at radius 3 is 2.81 bits per heavy atom. The SMILES string of the molecule is C#CC(C)Oc1cc([N+](=O)[O-])c(F)cc1Cl. The van der Waals surface area contributed by atoms with Crippen molar-refractivity contribution < 1.29 is 14.1 Å². The number of terminal acetylenes is 1. The first-order valence-electron chi connectivity index (χ1n) is 4.22. The molecule has 1 aromatic rings. The maximum Gasteiger partial charge on any atom is 0.308 e. The molecule has 6 heteroatoms. The van der Waals surface area contributed by atoms with Gasteiger partial charge in [0.05, 0.1) is 16.0 Å². The molecule has 0 N–H and O–H groups in total. The van der Waals surface area contributed by atoms with Crippen LogP contribution in [-0.2, 0) is 0 Å². The zero-order chi connectivity index (χ0) is 12.3. The molecular formula is C10H7ClFNO3. The van der Waals surface area contributed by atoms with Gasteiger partial charge >= 0.3 is 5.69 Å². The summed E-state index contributed by atoms with van der Waals surface area (Å²) in [5, 5.41) is 10.4. The Kier molecular flexibility index (Phi) is 3.69. The summed E-state index contributed by atoms with van der Waals surface area (Å²) < 4.78 is 18.2. The number of ether oxygens (including phenoxy) is 1. The topological polar surface area (TPSA) is 52.4 Å². The van der Waals surface area contributed by atoms with Crippen molar-refractivity contribution in [2.45, 2.75) is 13.0 Å². The zero-order valence-electron chi connectivity index (χ0n) is 8.24. The van der Waals surface area contributed by atoms with Gasteiger partial charge < -0.3 is 4.74 Å². The van der Waals surface area contributed by atoms with Crippen LogP contribution < -0.4 is 4.74 Å². The molecule has 16 heavy (non-hydrogen) atoms. The number of halogens is 2. The quantitative estimate of drug-likeness (QED) is 0.466. The maximum absolute atomic E-state index is 13.1. The lowest BCUT2D eigenvalue weighted by molar-refractivity contribution is -0.387. The van der Waals surface area contributed by atoms with Crippen molar-refractivity contribution in [3.8, 4) is 18.1 Å². The van der Waals surface area contributed by atoms with Gasteiger partial charge in [-0.2, -0.15) is 4.39 Å². The van der Waals surface area contributed by atoms with Crippen LogP contribution in [0.3, 0.4) is 0 Å². The molecule has 0 aliphatic heterocycles. The summed E-state index contributed by atoms with van der Waals surface area (Å²) in [5.74, 6) is 1.23. The van der Waals surface area contributed by atoms with E-state index < -0.39 is 22.5 Å². The number of benzene rings is 1. The molecule has 0 radical (unpaired) electrons. The molecule has 0 fully saturated rings. The van der Waals surface area contributed by atoms with Crippen LogP contribution in [0.1, 0.15) is 6.92 Å². The predicted octanol–water partition coefficient (Wildman–Crippen LogP) is 2.79. The average Bonchev–Trinajstić information content (AvgIpc) is 2.21. The van der Waals surface area contributed by atoms with Gasteiger partial charge in [-0.05, 0) is 6.92 Å². The summed E-state index contributed by atoms with van der Waals surface area (Å²) in [7, 11) is 0. The predicted molar refractivity (Wildman–Crippen MR) is 57.0 cm³/mol. The number of rotatable bonds is 3. The highest BCUT2D eigenvalue weighted by molar-refractivity contribution is 6.32. The first-order chi connectivity index (χ1) is 7.45. The smallest absolute Gasteiger partial charge is 0.308 e. The second-order valence-corrected chi connectivity index (χ2v) is 3.33. The van der Waals surface area contributed by atoms with Crippen LogP contribution in [0.4, 0.5) is 10.1 Å². The monoisotopic (exact) mass is 243 g/mol. The van der Waals surface area contributed by atoms with Crippen molar-refractivity contribution in [1.29, 1.82) is 0 Å². The van der Waals surface area contributed by atoms with E-state index in [0.29, 0.717) is 0 Å². The van der Waals surface area contributed by atoms with E-state index in [1.54, 1.807) is 6.92 Å². The minimum absolute atomic E-state index is 0.0137. The Morgan fingerprint density at radius 2 is 2.31 bits per heavy atom. The minimum atomic E-state index is -1.02. The average molecular weight is 244 g/mol. The summed E-state index contributed by atoms with van der Waals surface area (Å²) in [6.07, 6.45) is 4.46. The van der Waals surface area contributed by atoms with E-state index in [9.17, 15) is 14.5 Å². The van der Waals surface area contributed by atoms with E-state index in [4.69, 9.17) is 22.8 Å². The lowest BCUT2D eigenvalue weighted by Crippen LogP contribution is -2.09. The summed E-state index contributed by atoms with van der Waals surface area (Å²) in [6.45, 7) is 1.56. The molecule has 1 unspecified atom stereocenters. The molecule has 0 spiro atoms.